The number of thiazole rings is 1. The van der Waals surface area contributed by atoms with Gasteiger partial charge in [-0.3, -0.25) is 9.78 Å². The highest BCUT2D eigenvalue weighted by Crippen LogP contribution is 2.21. The summed E-state index contributed by atoms with van der Waals surface area (Å²) in [5.41, 5.74) is 1.55. The van der Waals surface area contributed by atoms with E-state index >= 15 is 0 Å². The molecular weight excluding hydrogens is 358 g/mol. The Morgan fingerprint density at radius 2 is 2.04 bits per heavy atom. The van der Waals surface area contributed by atoms with Crippen molar-refractivity contribution < 1.29 is 9.53 Å². The van der Waals surface area contributed by atoms with Crippen molar-refractivity contribution in [2.24, 2.45) is 0 Å². The molecule has 5 nitrogen and oxygen atoms in total. The fourth-order valence-electron chi connectivity index (χ4n) is 2.11. The van der Waals surface area contributed by atoms with E-state index in [9.17, 15) is 4.79 Å². The van der Waals surface area contributed by atoms with Crippen LogP contribution in [0, 0.1) is 0 Å². The van der Waals surface area contributed by atoms with E-state index in [-0.39, 0.29) is 12.3 Å². The Kier molecular flexibility index (Phi) is 5.98. The number of ether oxygens (including phenoxy) is 1. The van der Waals surface area contributed by atoms with Gasteiger partial charge in [-0.05, 0) is 36.4 Å². The van der Waals surface area contributed by atoms with Gasteiger partial charge < -0.3 is 10.1 Å². The average molecular weight is 374 g/mol. The van der Waals surface area contributed by atoms with Crippen molar-refractivity contribution in [3.8, 4) is 16.5 Å². The van der Waals surface area contributed by atoms with E-state index in [1.807, 2.05) is 23.6 Å². The third kappa shape index (κ3) is 5.27. The smallest absolute Gasteiger partial charge is 0.226 e. The summed E-state index contributed by atoms with van der Waals surface area (Å²) in [6, 6.07) is 12.8. The summed E-state index contributed by atoms with van der Waals surface area (Å²) in [4.78, 5) is 20.7. The maximum absolute atomic E-state index is 12.0. The second-order valence-corrected chi connectivity index (χ2v) is 6.48. The molecule has 1 amide bonds. The van der Waals surface area contributed by atoms with E-state index in [1.54, 1.807) is 30.5 Å². The molecule has 7 heteroatoms. The van der Waals surface area contributed by atoms with Gasteiger partial charge in [0.05, 0.1) is 24.4 Å². The summed E-state index contributed by atoms with van der Waals surface area (Å²) in [5.74, 6) is 0.635. The zero-order valence-electron chi connectivity index (χ0n) is 13.3. The number of aromatic nitrogens is 2. The zero-order valence-corrected chi connectivity index (χ0v) is 14.9. The number of hydrogen-bond donors (Lipinski definition) is 1. The average Bonchev–Trinajstić information content (AvgIpc) is 3.09. The van der Waals surface area contributed by atoms with Gasteiger partial charge in [0.2, 0.25) is 5.91 Å². The molecule has 0 saturated carbocycles. The van der Waals surface area contributed by atoms with E-state index in [0.717, 1.165) is 22.1 Å². The maximum Gasteiger partial charge on any atom is 0.226 e. The molecule has 0 spiro atoms. The lowest BCUT2D eigenvalue weighted by atomic mass is 10.3. The summed E-state index contributed by atoms with van der Waals surface area (Å²) < 4.78 is 5.53. The Hall–Kier alpha value is -2.44. The van der Waals surface area contributed by atoms with E-state index in [2.05, 4.69) is 15.3 Å². The predicted molar refractivity (Wildman–Crippen MR) is 99.0 cm³/mol. The number of nitrogens with zero attached hydrogens (tertiary/aromatic N) is 2. The lowest BCUT2D eigenvalue weighted by molar-refractivity contribution is -0.120. The molecule has 0 unspecified atom stereocenters. The molecule has 25 heavy (non-hydrogen) atoms. The molecule has 0 fully saturated rings. The summed E-state index contributed by atoms with van der Waals surface area (Å²) >= 11 is 7.29. The van der Waals surface area contributed by atoms with Crippen LogP contribution in [0.15, 0.2) is 54.0 Å². The maximum atomic E-state index is 12.0. The number of amides is 1. The first-order valence-electron chi connectivity index (χ1n) is 7.71. The standard InChI is InChI=1S/C18H16ClN3O2S/c19-13-4-6-15(7-5-13)24-10-9-21-17(23)11-14-12-25-18(22-14)16-3-1-2-8-20-16/h1-8,12H,9-11H2,(H,21,23). The minimum Gasteiger partial charge on any atom is -0.492 e. The fourth-order valence-corrected chi connectivity index (χ4v) is 3.03. The van der Waals surface area contributed by atoms with Crippen LogP contribution in [0.2, 0.25) is 5.02 Å². The highest BCUT2D eigenvalue weighted by molar-refractivity contribution is 7.13. The molecule has 1 aromatic carbocycles. The number of carbonyl (C=O) groups excluding carboxylic acids is 1. The molecule has 3 rings (SSSR count). The molecule has 0 atom stereocenters. The van der Waals surface area contributed by atoms with Gasteiger partial charge in [-0.1, -0.05) is 17.7 Å². The lowest BCUT2D eigenvalue weighted by Crippen LogP contribution is -2.29. The fraction of sp³-hybridized carbons (Fsp3) is 0.167. The van der Waals surface area contributed by atoms with E-state index in [1.165, 1.54) is 11.3 Å². The minimum atomic E-state index is -0.0856. The van der Waals surface area contributed by atoms with Gasteiger partial charge >= 0.3 is 0 Å². The van der Waals surface area contributed by atoms with Crippen molar-refractivity contribution in [1.82, 2.24) is 15.3 Å². The summed E-state index contributed by atoms with van der Waals surface area (Å²) in [7, 11) is 0. The predicted octanol–water partition coefficient (Wildman–Crippen LogP) is 3.60. The van der Waals surface area contributed by atoms with E-state index in [4.69, 9.17) is 16.3 Å². The van der Waals surface area contributed by atoms with Gasteiger partial charge in [-0.25, -0.2) is 4.98 Å². The van der Waals surface area contributed by atoms with E-state index < -0.39 is 0 Å². The van der Waals surface area contributed by atoms with Gasteiger partial charge in [-0.2, -0.15) is 0 Å². The van der Waals surface area contributed by atoms with Crippen molar-refractivity contribution in [3.05, 3.63) is 64.8 Å². The van der Waals surface area contributed by atoms with Crippen LogP contribution in [0.5, 0.6) is 5.75 Å². The Bertz CT molecular complexity index is 822. The molecule has 0 aliphatic heterocycles. The number of halogens is 1. The summed E-state index contributed by atoms with van der Waals surface area (Å²) in [6.07, 6.45) is 1.97. The first-order chi connectivity index (χ1) is 12.2. The Morgan fingerprint density at radius 1 is 1.20 bits per heavy atom. The van der Waals surface area contributed by atoms with Crippen LogP contribution in [-0.2, 0) is 11.2 Å². The molecular formula is C18H16ClN3O2S. The normalized spacial score (nSPS) is 10.4. The first-order valence-corrected chi connectivity index (χ1v) is 8.97. The number of rotatable bonds is 7. The van der Waals surface area contributed by atoms with Crippen molar-refractivity contribution in [1.29, 1.82) is 0 Å². The molecule has 1 N–H and O–H groups in total. The van der Waals surface area contributed by atoms with Crippen molar-refractivity contribution >= 4 is 28.8 Å². The lowest BCUT2D eigenvalue weighted by Gasteiger charge is -2.07. The molecule has 0 bridgehead atoms. The molecule has 0 saturated heterocycles. The van der Waals surface area contributed by atoms with Crippen molar-refractivity contribution in [2.75, 3.05) is 13.2 Å². The third-order valence-electron chi connectivity index (χ3n) is 3.28. The molecule has 128 valence electrons. The number of nitrogens with one attached hydrogen (secondary N) is 1. The van der Waals surface area contributed by atoms with Crippen LogP contribution in [0.4, 0.5) is 0 Å². The van der Waals surface area contributed by atoms with Crippen LogP contribution in [0.3, 0.4) is 0 Å². The zero-order chi connectivity index (χ0) is 17.5. The van der Waals surface area contributed by atoms with Gasteiger partial charge in [-0.15, -0.1) is 11.3 Å². The monoisotopic (exact) mass is 373 g/mol. The van der Waals surface area contributed by atoms with Crippen LogP contribution in [0.1, 0.15) is 5.69 Å². The Labute approximate surface area is 154 Å². The highest BCUT2D eigenvalue weighted by atomic mass is 35.5. The summed E-state index contributed by atoms with van der Waals surface area (Å²) in [5, 5.41) is 6.18. The molecule has 0 aliphatic rings. The van der Waals surface area contributed by atoms with Gasteiger partial charge in [0.1, 0.15) is 17.4 Å². The van der Waals surface area contributed by atoms with Crippen LogP contribution in [0.25, 0.3) is 10.7 Å². The molecule has 2 aromatic heterocycles. The first kappa shape index (κ1) is 17.4. The van der Waals surface area contributed by atoms with Gasteiger partial charge in [0.25, 0.3) is 0 Å². The molecule has 3 aromatic rings. The minimum absolute atomic E-state index is 0.0856. The highest BCUT2D eigenvalue weighted by Gasteiger charge is 2.09. The second-order valence-electron chi connectivity index (χ2n) is 5.19. The topological polar surface area (TPSA) is 64.1 Å². The Balaban J connectivity index is 1.42. The third-order valence-corrected chi connectivity index (χ3v) is 4.45. The largest absolute Gasteiger partial charge is 0.492 e. The molecule has 0 aliphatic carbocycles. The molecule has 2 heterocycles. The number of pyridine rings is 1. The number of benzene rings is 1. The van der Waals surface area contributed by atoms with Crippen molar-refractivity contribution in [2.45, 2.75) is 6.42 Å². The van der Waals surface area contributed by atoms with Crippen LogP contribution in [-0.4, -0.2) is 29.0 Å². The van der Waals surface area contributed by atoms with Crippen LogP contribution < -0.4 is 10.1 Å². The molecule has 0 radical (unpaired) electrons. The van der Waals surface area contributed by atoms with Crippen molar-refractivity contribution in [3.63, 3.8) is 0 Å². The van der Waals surface area contributed by atoms with Gasteiger partial charge in [0, 0.05) is 16.6 Å². The number of carbonyl (C=O) groups is 1. The summed E-state index contributed by atoms with van der Waals surface area (Å²) in [6.45, 7) is 0.822. The number of hydrogen-bond acceptors (Lipinski definition) is 5. The quantitative estimate of drug-likeness (QED) is 0.643. The second kappa shape index (κ2) is 8.60. The Morgan fingerprint density at radius 3 is 2.80 bits per heavy atom. The van der Waals surface area contributed by atoms with E-state index in [0.29, 0.717) is 18.2 Å². The van der Waals surface area contributed by atoms with Crippen LogP contribution >= 0.6 is 22.9 Å². The van der Waals surface area contributed by atoms with Gasteiger partial charge in [0.15, 0.2) is 0 Å². The SMILES string of the molecule is O=C(Cc1csc(-c2ccccn2)n1)NCCOc1ccc(Cl)cc1.